The number of halogens is 1. The first-order valence-corrected chi connectivity index (χ1v) is 4.26. The lowest BCUT2D eigenvalue weighted by Crippen LogP contribution is -1.70. The maximum Gasteiger partial charge on any atom is 0.126 e. The minimum absolute atomic E-state index is 0.594. The number of aromatic nitrogens is 1. The molecule has 0 saturated carbocycles. The van der Waals surface area contributed by atoms with E-state index in [1.165, 1.54) is 11.5 Å². The average Bonchev–Trinajstić information content (AvgIpc) is 2.41. The van der Waals surface area contributed by atoms with Crippen LogP contribution in [0.2, 0.25) is 0 Å². The first-order chi connectivity index (χ1) is 4.93. The van der Waals surface area contributed by atoms with Crippen LogP contribution in [0.5, 0.6) is 0 Å². The Kier molecular flexibility index (Phi) is 3.28. The van der Waals surface area contributed by atoms with Crippen molar-refractivity contribution in [1.29, 1.82) is 0 Å². The normalized spacial score (nSPS) is 8.50. The van der Waals surface area contributed by atoms with Crippen molar-refractivity contribution in [1.82, 2.24) is 4.37 Å². The van der Waals surface area contributed by atoms with Gasteiger partial charge in [-0.25, -0.2) is 0 Å². The summed E-state index contributed by atoms with van der Waals surface area (Å²) < 4.78 is 4.01. The second-order valence-electron chi connectivity index (χ2n) is 1.63. The number of hydrogen-bond acceptors (Lipinski definition) is 2. The molecule has 52 valence electrons. The Bertz CT molecular complexity index is 232. The quantitative estimate of drug-likeness (QED) is 0.466. The van der Waals surface area contributed by atoms with Crippen LogP contribution in [-0.2, 0) is 0 Å². The molecule has 1 aromatic rings. The molecule has 0 aliphatic heterocycles. The Morgan fingerprint density at radius 1 is 1.70 bits per heavy atom. The van der Waals surface area contributed by atoms with Gasteiger partial charge in [0.1, 0.15) is 5.69 Å². The summed E-state index contributed by atoms with van der Waals surface area (Å²) in [5, 5.41) is 1.91. The standard InChI is InChI=1S/C7H6ClNS/c8-5-2-1-3-7-4-6-10-9-7/h4,6H,2,5H2. The minimum Gasteiger partial charge on any atom is -0.184 e. The molecule has 0 radical (unpaired) electrons. The van der Waals surface area contributed by atoms with E-state index >= 15 is 0 Å². The van der Waals surface area contributed by atoms with E-state index in [1.54, 1.807) is 0 Å². The summed E-state index contributed by atoms with van der Waals surface area (Å²) in [4.78, 5) is 0. The molecular formula is C7H6ClNS. The Labute approximate surface area is 69.2 Å². The highest BCUT2D eigenvalue weighted by Crippen LogP contribution is 1.96. The van der Waals surface area contributed by atoms with E-state index in [-0.39, 0.29) is 0 Å². The molecule has 0 unspecified atom stereocenters. The van der Waals surface area contributed by atoms with Crippen LogP contribution in [0.1, 0.15) is 12.1 Å². The molecule has 0 atom stereocenters. The number of rotatable bonds is 1. The van der Waals surface area contributed by atoms with E-state index in [1.807, 2.05) is 11.4 Å². The number of alkyl halides is 1. The van der Waals surface area contributed by atoms with Crippen LogP contribution in [-0.4, -0.2) is 10.3 Å². The maximum absolute atomic E-state index is 5.42. The van der Waals surface area contributed by atoms with Crippen LogP contribution in [0.15, 0.2) is 11.4 Å². The molecule has 0 fully saturated rings. The van der Waals surface area contributed by atoms with Crippen molar-refractivity contribution in [3.63, 3.8) is 0 Å². The maximum atomic E-state index is 5.42. The van der Waals surface area contributed by atoms with Gasteiger partial charge in [0.15, 0.2) is 0 Å². The van der Waals surface area contributed by atoms with E-state index in [0.29, 0.717) is 5.88 Å². The van der Waals surface area contributed by atoms with Gasteiger partial charge in [-0.15, -0.1) is 11.6 Å². The molecule has 0 amide bonds. The molecule has 0 N–H and O–H groups in total. The zero-order valence-corrected chi connectivity index (χ0v) is 6.87. The summed E-state index contributed by atoms with van der Waals surface area (Å²) in [6.45, 7) is 0. The van der Waals surface area contributed by atoms with E-state index < -0.39 is 0 Å². The van der Waals surface area contributed by atoms with Crippen molar-refractivity contribution >= 4 is 23.1 Å². The van der Waals surface area contributed by atoms with Crippen molar-refractivity contribution in [2.24, 2.45) is 0 Å². The molecule has 1 nitrogen and oxygen atoms in total. The third-order valence-electron chi connectivity index (χ3n) is 0.874. The van der Waals surface area contributed by atoms with Gasteiger partial charge in [0.25, 0.3) is 0 Å². The van der Waals surface area contributed by atoms with Crippen molar-refractivity contribution in [2.45, 2.75) is 6.42 Å². The van der Waals surface area contributed by atoms with Gasteiger partial charge in [-0.2, -0.15) is 4.37 Å². The monoisotopic (exact) mass is 171 g/mol. The fourth-order valence-electron chi connectivity index (χ4n) is 0.477. The van der Waals surface area contributed by atoms with Crippen LogP contribution < -0.4 is 0 Å². The zero-order valence-electron chi connectivity index (χ0n) is 5.30. The predicted octanol–water partition coefficient (Wildman–Crippen LogP) is 2.12. The highest BCUT2D eigenvalue weighted by atomic mass is 35.5. The molecular weight excluding hydrogens is 166 g/mol. The second-order valence-corrected chi connectivity index (χ2v) is 2.67. The smallest absolute Gasteiger partial charge is 0.126 e. The van der Waals surface area contributed by atoms with Crippen molar-refractivity contribution in [3.05, 3.63) is 17.1 Å². The van der Waals surface area contributed by atoms with Crippen molar-refractivity contribution in [2.75, 3.05) is 5.88 Å². The molecule has 0 bridgehead atoms. The van der Waals surface area contributed by atoms with E-state index in [9.17, 15) is 0 Å². The second kappa shape index (κ2) is 4.32. The van der Waals surface area contributed by atoms with Gasteiger partial charge in [0, 0.05) is 17.7 Å². The highest BCUT2D eigenvalue weighted by Gasteiger charge is 1.83. The molecule has 0 aliphatic rings. The minimum atomic E-state index is 0.594. The number of hydrogen-bond donors (Lipinski definition) is 0. The molecule has 1 rings (SSSR count). The Morgan fingerprint density at radius 3 is 3.20 bits per heavy atom. The van der Waals surface area contributed by atoms with Crippen LogP contribution in [0, 0.1) is 11.8 Å². The average molecular weight is 172 g/mol. The summed E-state index contributed by atoms with van der Waals surface area (Å²) in [6.07, 6.45) is 0.735. The zero-order chi connectivity index (χ0) is 7.23. The topological polar surface area (TPSA) is 12.9 Å². The summed E-state index contributed by atoms with van der Waals surface area (Å²) in [5.41, 5.74) is 0.843. The van der Waals surface area contributed by atoms with Gasteiger partial charge < -0.3 is 0 Å². The summed E-state index contributed by atoms with van der Waals surface area (Å²) in [6, 6.07) is 1.89. The van der Waals surface area contributed by atoms with Gasteiger partial charge in [-0.05, 0) is 23.5 Å². The lowest BCUT2D eigenvalue weighted by Gasteiger charge is -1.75. The SMILES string of the molecule is ClCCC#Cc1ccsn1. The van der Waals surface area contributed by atoms with Gasteiger partial charge in [0.05, 0.1) is 0 Å². The first-order valence-electron chi connectivity index (χ1n) is 2.88. The molecule has 0 aliphatic carbocycles. The van der Waals surface area contributed by atoms with Crippen molar-refractivity contribution in [3.8, 4) is 11.8 Å². The summed E-state index contributed by atoms with van der Waals surface area (Å²) in [7, 11) is 0. The van der Waals surface area contributed by atoms with Gasteiger partial charge >= 0.3 is 0 Å². The molecule has 1 aromatic heterocycles. The molecule has 1 heterocycles. The molecule has 10 heavy (non-hydrogen) atoms. The third-order valence-corrected chi connectivity index (χ3v) is 1.62. The fourth-order valence-corrected chi connectivity index (χ4v) is 1.04. The fraction of sp³-hybridized carbons (Fsp3) is 0.286. The van der Waals surface area contributed by atoms with E-state index in [0.717, 1.165) is 12.1 Å². The molecule has 3 heteroatoms. The Morgan fingerprint density at radius 2 is 2.60 bits per heavy atom. The largest absolute Gasteiger partial charge is 0.184 e. The predicted molar refractivity (Wildman–Crippen MR) is 44.3 cm³/mol. The van der Waals surface area contributed by atoms with Crippen LogP contribution in [0.4, 0.5) is 0 Å². The molecule has 0 saturated heterocycles. The highest BCUT2D eigenvalue weighted by molar-refractivity contribution is 7.03. The van der Waals surface area contributed by atoms with E-state index in [2.05, 4.69) is 16.2 Å². The Hall–Kier alpha value is -0.520. The van der Waals surface area contributed by atoms with Gasteiger partial charge in [-0.1, -0.05) is 5.92 Å². The van der Waals surface area contributed by atoms with Crippen LogP contribution in [0.25, 0.3) is 0 Å². The third kappa shape index (κ3) is 2.38. The lowest BCUT2D eigenvalue weighted by atomic mass is 10.4. The first kappa shape index (κ1) is 7.59. The van der Waals surface area contributed by atoms with Gasteiger partial charge in [0.2, 0.25) is 0 Å². The molecule has 0 aromatic carbocycles. The molecule has 0 spiro atoms. The number of nitrogens with zero attached hydrogens (tertiary/aromatic N) is 1. The van der Waals surface area contributed by atoms with Crippen LogP contribution in [0.3, 0.4) is 0 Å². The Balaban J connectivity index is 2.49. The van der Waals surface area contributed by atoms with Crippen molar-refractivity contribution < 1.29 is 0 Å². The van der Waals surface area contributed by atoms with E-state index in [4.69, 9.17) is 11.6 Å². The van der Waals surface area contributed by atoms with Crippen LogP contribution >= 0.6 is 23.1 Å². The lowest BCUT2D eigenvalue weighted by molar-refractivity contribution is 1.29. The summed E-state index contributed by atoms with van der Waals surface area (Å²) in [5.74, 6) is 6.38. The van der Waals surface area contributed by atoms with Gasteiger partial charge in [-0.3, -0.25) is 0 Å². The summed E-state index contributed by atoms with van der Waals surface area (Å²) >= 11 is 6.83.